The van der Waals surface area contributed by atoms with Crippen molar-refractivity contribution in [2.24, 2.45) is 0 Å². The van der Waals surface area contributed by atoms with E-state index in [0.717, 1.165) is 10.9 Å². The molecule has 3 amide bonds. The highest BCUT2D eigenvalue weighted by molar-refractivity contribution is 6.30. The summed E-state index contributed by atoms with van der Waals surface area (Å²) >= 11 is 5.84. The van der Waals surface area contributed by atoms with Crippen LogP contribution in [0.25, 0.3) is 10.8 Å². The van der Waals surface area contributed by atoms with Crippen LogP contribution in [0.15, 0.2) is 60.7 Å². The number of nitrogens with one attached hydrogen (secondary N) is 2. The van der Waals surface area contributed by atoms with Gasteiger partial charge in [-0.15, -0.1) is 0 Å². The molecule has 1 aliphatic rings. The maximum absolute atomic E-state index is 13.1. The molecule has 7 nitrogen and oxygen atoms in total. The van der Waals surface area contributed by atoms with Crippen LogP contribution < -0.4 is 10.9 Å². The van der Waals surface area contributed by atoms with Crippen LogP contribution in [-0.2, 0) is 16.0 Å². The van der Waals surface area contributed by atoms with E-state index in [1.165, 1.54) is 4.90 Å². The summed E-state index contributed by atoms with van der Waals surface area (Å²) in [4.78, 5) is 39.4. The van der Waals surface area contributed by atoms with E-state index < -0.39 is 17.9 Å². The molecule has 0 saturated carbocycles. The molecule has 1 unspecified atom stereocenters. The topological polar surface area (TPSA) is 98.7 Å². The summed E-state index contributed by atoms with van der Waals surface area (Å²) in [6.07, 6.45) is 1.20. The molecule has 8 heteroatoms. The maximum Gasteiger partial charge on any atom is 0.261 e. The quantitative estimate of drug-likeness (QED) is 0.530. The molecule has 1 heterocycles. The first kappa shape index (κ1) is 21.6. The predicted octanol–water partition coefficient (Wildman–Crippen LogP) is 3.19. The number of fused-ring (bicyclic) bond motifs is 1. The van der Waals surface area contributed by atoms with Gasteiger partial charge in [-0.05, 0) is 42.0 Å². The summed E-state index contributed by atoms with van der Waals surface area (Å²) in [7, 11) is 0. The number of phenols is 1. The third kappa shape index (κ3) is 4.53. The minimum Gasteiger partial charge on any atom is -0.506 e. The molecule has 164 valence electrons. The molecule has 4 rings (SSSR count). The van der Waals surface area contributed by atoms with Crippen LogP contribution in [0.5, 0.6) is 5.75 Å². The number of hydrazine groups is 1. The second-order valence-electron chi connectivity index (χ2n) is 7.68. The molecule has 32 heavy (non-hydrogen) atoms. The van der Waals surface area contributed by atoms with Gasteiger partial charge in [0.15, 0.2) is 0 Å². The van der Waals surface area contributed by atoms with Crippen LogP contribution in [0, 0.1) is 0 Å². The molecule has 1 saturated heterocycles. The summed E-state index contributed by atoms with van der Waals surface area (Å²) in [6, 6.07) is 16.7. The minimum absolute atomic E-state index is 0.0791. The van der Waals surface area contributed by atoms with Crippen molar-refractivity contribution in [1.82, 2.24) is 15.8 Å². The number of hydrogen-bond acceptors (Lipinski definition) is 4. The number of phenolic OH excluding ortho intramolecular Hbond substituents is 1. The van der Waals surface area contributed by atoms with Crippen molar-refractivity contribution in [1.29, 1.82) is 0 Å². The van der Waals surface area contributed by atoms with Crippen molar-refractivity contribution in [3.8, 4) is 5.75 Å². The molecule has 1 fully saturated rings. The molecule has 0 aromatic heterocycles. The number of amides is 3. The smallest absolute Gasteiger partial charge is 0.261 e. The number of benzene rings is 3. The van der Waals surface area contributed by atoms with Crippen molar-refractivity contribution in [2.45, 2.75) is 25.3 Å². The van der Waals surface area contributed by atoms with Gasteiger partial charge >= 0.3 is 0 Å². The largest absolute Gasteiger partial charge is 0.506 e. The van der Waals surface area contributed by atoms with Gasteiger partial charge in [0, 0.05) is 17.0 Å². The van der Waals surface area contributed by atoms with E-state index in [4.69, 9.17) is 11.6 Å². The van der Waals surface area contributed by atoms with Crippen molar-refractivity contribution < 1.29 is 19.5 Å². The Balaban J connectivity index is 1.41. The molecule has 0 bridgehead atoms. The highest BCUT2D eigenvalue weighted by Crippen LogP contribution is 2.31. The minimum atomic E-state index is -0.732. The van der Waals surface area contributed by atoms with Gasteiger partial charge in [0.25, 0.3) is 11.8 Å². The zero-order valence-electron chi connectivity index (χ0n) is 17.2. The number of rotatable bonds is 4. The van der Waals surface area contributed by atoms with Gasteiger partial charge in [-0.25, -0.2) is 0 Å². The van der Waals surface area contributed by atoms with Gasteiger partial charge in [-0.2, -0.15) is 0 Å². The monoisotopic (exact) mass is 451 g/mol. The Kier molecular flexibility index (Phi) is 6.28. The lowest BCUT2D eigenvalue weighted by molar-refractivity contribution is -0.130. The Morgan fingerprint density at radius 2 is 1.75 bits per heavy atom. The van der Waals surface area contributed by atoms with E-state index in [2.05, 4.69) is 10.9 Å². The zero-order chi connectivity index (χ0) is 22.7. The van der Waals surface area contributed by atoms with Crippen LogP contribution in [0.2, 0.25) is 5.02 Å². The van der Waals surface area contributed by atoms with Crippen LogP contribution in [0.3, 0.4) is 0 Å². The standard InChI is InChI=1S/C24H22ClN3O4/c25-17-10-7-15(8-11-17)14-21(29)26-27-23(31)20-6-3-13-28(20)24(32)19-12-9-16-4-1-2-5-18(16)22(19)30/h1-2,4-5,7-12,20,30H,3,6,13-14H2,(H,26,29)(H,27,31). The van der Waals surface area contributed by atoms with Gasteiger partial charge in [0.2, 0.25) is 5.91 Å². The van der Waals surface area contributed by atoms with E-state index in [0.29, 0.717) is 29.8 Å². The molecule has 3 aromatic carbocycles. The van der Waals surface area contributed by atoms with Crippen LogP contribution >= 0.6 is 11.6 Å². The lowest BCUT2D eigenvalue weighted by Crippen LogP contribution is -2.51. The Hall–Kier alpha value is -3.58. The lowest BCUT2D eigenvalue weighted by atomic mass is 10.0. The number of nitrogens with zero attached hydrogens (tertiary/aromatic N) is 1. The van der Waals surface area contributed by atoms with E-state index in [1.54, 1.807) is 48.5 Å². The highest BCUT2D eigenvalue weighted by atomic mass is 35.5. The molecule has 1 atom stereocenters. The summed E-state index contributed by atoms with van der Waals surface area (Å²) < 4.78 is 0. The number of carbonyl (C=O) groups excluding carboxylic acids is 3. The van der Waals surface area contributed by atoms with Crippen molar-refractivity contribution in [3.05, 3.63) is 76.8 Å². The zero-order valence-corrected chi connectivity index (χ0v) is 17.9. The van der Waals surface area contributed by atoms with Gasteiger partial charge < -0.3 is 10.0 Å². The van der Waals surface area contributed by atoms with Crippen LogP contribution in [-0.4, -0.2) is 40.3 Å². The van der Waals surface area contributed by atoms with Gasteiger partial charge in [0.1, 0.15) is 11.8 Å². The Bertz CT molecular complexity index is 1180. The average molecular weight is 452 g/mol. The predicted molar refractivity (Wildman–Crippen MR) is 121 cm³/mol. The first-order valence-corrected chi connectivity index (χ1v) is 10.7. The molecule has 0 radical (unpaired) electrons. The molecule has 1 aliphatic heterocycles. The summed E-state index contributed by atoms with van der Waals surface area (Å²) in [5.41, 5.74) is 5.72. The third-order valence-corrected chi connectivity index (χ3v) is 5.80. The van der Waals surface area contributed by atoms with E-state index in [9.17, 15) is 19.5 Å². The third-order valence-electron chi connectivity index (χ3n) is 5.55. The number of likely N-dealkylation sites (tertiary alicyclic amines) is 1. The second-order valence-corrected chi connectivity index (χ2v) is 8.12. The summed E-state index contributed by atoms with van der Waals surface area (Å²) in [6.45, 7) is 0.391. The van der Waals surface area contributed by atoms with Gasteiger partial charge in [0.05, 0.1) is 12.0 Å². The first-order chi connectivity index (χ1) is 15.4. The molecular formula is C24H22ClN3O4. The van der Waals surface area contributed by atoms with E-state index >= 15 is 0 Å². The Morgan fingerprint density at radius 3 is 2.53 bits per heavy atom. The van der Waals surface area contributed by atoms with Crippen molar-refractivity contribution >= 4 is 40.1 Å². The molecule has 0 spiro atoms. The second kappa shape index (κ2) is 9.28. The SMILES string of the molecule is O=C(Cc1ccc(Cl)cc1)NNC(=O)C1CCCN1C(=O)c1ccc2ccccc2c1O. The first-order valence-electron chi connectivity index (χ1n) is 10.3. The normalized spacial score (nSPS) is 15.5. The van der Waals surface area contributed by atoms with Crippen LogP contribution in [0.4, 0.5) is 0 Å². The number of halogens is 1. The fraction of sp³-hybridized carbons (Fsp3) is 0.208. The average Bonchev–Trinajstić information content (AvgIpc) is 3.29. The number of hydrogen-bond donors (Lipinski definition) is 3. The Labute approximate surface area is 189 Å². The van der Waals surface area contributed by atoms with Crippen molar-refractivity contribution in [3.63, 3.8) is 0 Å². The number of carbonyl (C=O) groups is 3. The fourth-order valence-corrected chi connectivity index (χ4v) is 4.04. The van der Waals surface area contributed by atoms with Crippen LogP contribution in [0.1, 0.15) is 28.8 Å². The summed E-state index contributed by atoms with van der Waals surface area (Å²) in [5.74, 6) is -1.38. The van der Waals surface area contributed by atoms with Gasteiger partial charge in [-0.1, -0.05) is 54.1 Å². The van der Waals surface area contributed by atoms with Gasteiger partial charge in [-0.3, -0.25) is 25.2 Å². The van der Waals surface area contributed by atoms with E-state index in [-0.39, 0.29) is 23.6 Å². The molecule has 3 aromatic rings. The highest BCUT2D eigenvalue weighted by Gasteiger charge is 2.35. The molecular weight excluding hydrogens is 430 g/mol. The maximum atomic E-state index is 13.1. The molecule has 0 aliphatic carbocycles. The molecule has 3 N–H and O–H groups in total. The Morgan fingerprint density at radius 1 is 1.00 bits per heavy atom. The fourth-order valence-electron chi connectivity index (χ4n) is 3.91. The lowest BCUT2D eigenvalue weighted by Gasteiger charge is -2.24. The van der Waals surface area contributed by atoms with Crippen molar-refractivity contribution in [2.75, 3.05) is 6.54 Å². The van der Waals surface area contributed by atoms with E-state index in [1.807, 2.05) is 12.1 Å². The number of aromatic hydroxyl groups is 1. The summed E-state index contributed by atoms with van der Waals surface area (Å²) in [5, 5.41) is 12.6.